The summed E-state index contributed by atoms with van der Waals surface area (Å²) in [6, 6.07) is 9.21. The van der Waals surface area contributed by atoms with Crippen molar-refractivity contribution in [1.29, 1.82) is 0 Å². The van der Waals surface area contributed by atoms with Crippen LogP contribution in [0.3, 0.4) is 0 Å². The van der Waals surface area contributed by atoms with Gasteiger partial charge in [0.1, 0.15) is 5.58 Å². The van der Waals surface area contributed by atoms with Gasteiger partial charge in [0.05, 0.1) is 0 Å². The first kappa shape index (κ1) is 9.00. The van der Waals surface area contributed by atoms with Crippen molar-refractivity contribution in [2.75, 3.05) is 0 Å². The van der Waals surface area contributed by atoms with E-state index in [2.05, 4.69) is 13.0 Å². The maximum atomic E-state index is 10.9. The Morgan fingerprint density at radius 2 is 2.07 bits per heavy atom. The van der Waals surface area contributed by atoms with E-state index in [1.165, 1.54) is 11.6 Å². The van der Waals surface area contributed by atoms with E-state index in [1.807, 2.05) is 12.1 Å². The lowest BCUT2D eigenvalue weighted by Crippen LogP contribution is -1.94. The first-order valence-electron chi connectivity index (χ1n) is 4.82. The van der Waals surface area contributed by atoms with Gasteiger partial charge in [0.15, 0.2) is 0 Å². The van der Waals surface area contributed by atoms with Gasteiger partial charge in [-0.25, -0.2) is 4.79 Å². The predicted octanol–water partition coefficient (Wildman–Crippen LogP) is 2.75. The fourth-order valence-corrected chi connectivity index (χ4v) is 1.57. The Kier molecular flexibility index (Phi) is 2.35. The quantitative estimate of drug-likeness (QED) is 0.678. The van der Waals surface area contributed by atoms with Crippen LogP contribution in [0.2, 0.25) is 0 Å². The molecule has 14 heavy (non-hydrogen) atoms. The smallest absolute Gasteiger partial charge is 0.336 e. The summed E-state index contributed by atoms with van der Waals surface area (Å²) in [7, 11) is 0. The van der Waals surface area contributed by atoms with E-state index in [4.69, 9.17) is 4.42 Å². The molecule has 0 bridgehead atoms. The van der Waals surface area contributed by atoms with E-state index in [-0.39, 0.29) is 5.63 Å². The van der Waals surface area contributed by atoms with Gasteiger partial charge in [0.25, 0.3) is 0 Å². The molecular weight excluding hydrogens is 176 g/mol. The van der Waals surface area contributed by atoms with Crippen LogP contribution in [-0.2, 0) is 6.42 Å². The number of rotatable bonds is 2. The first-order chi connectivity index (χ1) is 6.79. The van der Waals surface area contributed by atoms with Crippen molar-refractivity contribution < 1.29 is 4.42 Å². The average molecular weight is 188 g/mol. The van der Waals surface area contributed by atoms with Gasteiger partial charge in [-0.3, -0.25) is 0 Å². The molecule has 0 N–H and O–H groups in total. The number of hydrogen-bond acceptors (Lipinski definition) is 2. The van der Waals surface area contributed by atoms with Crippen molar-refractivity contribution in [3.05, 3.63) is 46.3 Å². The van der Waals surface area contributed by atoms with Crippen molar-refractivity contribution in [3.8, 4) is 0 Å². The number of hydrogen-bond donors (Lipinski definition) is 0. The van der Waals surface area contributed by atoms with E-state index in [0.29, 0.717) is 5.58 Å². The Morgan fingerprint density at radius 3 is 2.86 bits per heavy atom. The van der Waals surface area contributed by atoms with Gasteiger partial charge in [-0.1, -0.05) is 19.4 Å². The van der Waals surface area contributed by atoms with Crippen LogP contribution in [0.1, 0.15) is 18.9 Å². The number of aryl methyl sites for hydroxylation is 1. The number of benzene rings is 1. The molecule has 0 unspecified atom stereocenters. The van der Waals surface area contributed by atoms with Crippen molar-refractivity contribution >= 4 is 11.0 Å². The highest BCUT2D eigenvalue weighted by molar-refractivity contribution is 5.76. The lowest BCUT2D eigenvalue weighted by atomic mass is 10.1. The summed E-state index contributed by atoms with van der Waals surface area (Å²) < 4.78 is 5.04. The second-order valence-corrected chi connectivity index (χ2v) is 3.38. The summed E-state index contributed by atoms with van der Waals surface area (Å²) in [6.45, 7) is 2.15. The minimum absolute atomic E-state index is 0.291. The monoisotopic (exact) mass is 188 g/mol. The molecule has 2 nitrogen and oxygen atoms in total. The van der Waals surface area contributed by atoms with E-state index in [1.54, 1.807) is 6.07 Å². The molecule has 2 heteroatoms. The van der Waals surface area contributed by atoms with E-state index < -0.39 is 0 Å². The molecular formula is C12H12O2. The maximum absolute atomic E-state index is 10.9. The molecule has 0 amide bonds. The van der Waals surface area contributed by atoms with Crippen molar-refractivity contribution in [2.45, 2.75) is 19.8 Å². The highest BCUT2D eigenvalue weighted by Gasteiger charge is 1.98. The van der Waals surface area contributed by atoms with Crippen molar-refractivity contribution in [1.82, 2.24) is 0 Å². The Labute approximate surface area is 82.2 Å². The van der Waals surface area contributed by atoms with Crippen LogP contribution in [0.25, 0.3) is 11.0 Å². The van der Waals surface area contributed by atoms with Crippen LogP contribution < -0.4 is 5.63 Å². The summed E-state index contributed by atoms with van der Waals surface area (Å²) >= 11 is 0. The van der Waals surface area contributed by atoms with Crippen molar-refractivity contribution in [2.24, 2.45) is 0 Å². The molecule has 0 atom stereocenters. The molecule has 72 valence electrons. The molecule has 0 aliphatic rings. The first-order valence-corrected chi connectivity index (χ1v) is 4.82. The predicted molar refractivity (Wildman–Crippen MR) is 56.5 cm³/mol. The summed E-state index contributed by atoms with van der Waals surface area (Å²) in [6.07, 6.45) is 2.19. The molecule has 1 heterocycles. The van der Waals surface area contributed by atoms with Gasteiger partial charge in [-0.2, -0.15) is 0 Å². The largest absolute Gasteiger partial charge is 0.423 e. The Bertz CT molecular complexity index is 497. The molecule has 0 aliphatic heterocycles. The van der Waals surface area contributed by atoms with Gasteiger partial charge in [0.2, 0.25) is 0 Å². The van der Waals surface area contributed by atoms with Crippen LogP contribution >= 0.6 is 0 Å². The molecule has 2 aromatic rings. The standard InChI is InChI=1S/C12H12O2/c1-2-3-9-4-6-11-10(8-9)5-7-12(13)14-11/h4-8H,2-3H2,1H3. The fourth-order valence-electron chi connectivity index (χ4n) is 1.57. The molecule has 0 saturated carbocycles. The maximum Gasteiger partial charge on any atom is 0.336 e. The molecule has 1 aromatic carbocycles. The lowest BCUT2D eigenvalue weighted by Gasteiger charge is -2.00. The van der Waals surface area contributed by atoms with Crippen LogP contribution in [0.4, 0.5) is 0 Å². The third kappa shape index (κ3) is 1.69. The normalized spacial score (nSPS) is 10.6. The third-order valence-corrected chi connectivity index (χ3v) is 2.22. The minimum atomic E-state index is -0.291. The average Bonchev–Trinajstić information content (AvgIpc) is 2.19. The topological polar surface area (TPSA) is 30.2 Å². The number of fused-ring (bicyclic) bond motifs is 1. The van der Waals surface area contributed by atoms with Crippen LogP contribution in [0.5, 0.6) is 0 Å². The Morgan fingerprint density at radius 1 is 1.21 bits per heavy atom. The Balaban J connectivity index is 2.56. The van der Waals surface area contributed by atoms with Gasteiger partial charge >= 0.3 is 5.63 Å². The van der Waals surface area contributed by atoms with Gasteiger partial charge in [-0.05, 0) is 30.2 Å². The van der Waals surface area contributed by atoms with Crippen LogP contribution in [0, 0.1) is 0 Å². The van der Waals surface area contributed by atoms with E-state index in [0.717, 1.165) is 18.2 Å². The molecule has 2 rings (SSSR count). The molecule has 0 saturated heterocycles. The van der Waals surface area contributed by atoms with E-state index >= 15 is 0 Å². The highest BCUT2D eigenvalue weighted by Crippen LogP contribution is 2.14. The summed E-state index contributed by atoms with van der Waals surface area (Å²) in [5, 5.41) is 0.996. The van der Waals surface area contributed by atoms with Gasteiger partial charge in [0, 0.05) is 11.5 Å². The van der Waals surface area contributed by atoms with E-state index in [9.17, 15) is 4.79 Å². The zero-order valence-electron chi connectivity index (χ0n) is 8.12. The molecule has 1 aromatic heterocycles. The van der Waals surface area contributed by atoms with Crippen LogP contribution in [0.15, 0.2) is 39.5 Å². The second kappa shape index (κ2) is 3.66. The molecule has 0 fully saturated rings. The summed E-state index contributed by atoms with van der Waals surface area (Å²) in [5.41, 5.74) is 1.66. The zero-order chi connectivity index (χ0) is 9.97. The van der Waals surface area contributed by atoms with Gasteiger partial charge in [-0.15, -0.1) is 0 Å². The summed E-state index contributed by atoms with van der Waals surface area (Å²) in [4.78, 5) is 10.9. The van der Waals surface area contributed by atoms with Crippen LogP contribution in [-0.4, -0.2) is 0 Å². The third-order valence-electron chi connectivity index (χ3n) is 2.22. The zero-order valence-corrected chi connectivity index (χ0v) is 8.12. The Hall–Kier alpha value is -1.57. The SMILES string of the molecule is CCCc1ccc2oc(=O)ccc2c1. The molecule has 0 radical (unpaired) electrons. The second-order valence-electron chi connectivity index (χ2n) is 3.38. The minimum Gasteiger partial charge on any atom is -0.423 e. The van der Waals surface area contributed by atoms with Crippen molar-refractivity contribution in [3.63, 3.8) is 0 Å². The summed E-state index contributed by atoms with van der Waals surface area (Å²) in [5.74, 6) is 0. The molecule has 0 spiro atoms. The molecule has 0 aliphatic carbocycles. The fraction of sp³-hybridized carbons (Fsp3) is 0.250. The lowest BCUT2D eigenvalue weighted by molar-refractivity contribution is 0.561. The highest BCUT2D eigenvalue weighted by atomic mass is 16.4. The van der Waals surface area contributed by atoms with Gasteiger partial charge < -0.3 is 4.42 Å².